The van der Waals surface area contributed by atoms with Crippen molar-refractivity contribution < 1.29 is 4.79 Å². The fraction of sp³-hybridized carbons (Fsp3) is 0.103. The predicted octanol–water partition coefficient (Wildman–Crippen LogP) is 6.94. The third-order valence-electron chi connectivity index (χ3n) is 5.81. The van der Waals surface area contributed by atoms with Crippen LogP contribution in [0, 0.1) is 6.92 Å². The van der Waals surface area contributed by atoms with E-state index in [-0.39, 0.29) is 5.78 Å². The quantitative estimate of drug-likeness (QED) is 0.348. The molecule has 0 amide bonds. The molecule has 1 aliphatic carbocycles. The first-order valence-electron chi connectivity index (χ1n) is 10.7. The van der Waals surface area contributed by atoms with Gasteiger partial charge in [-0.1, -0.05) is 90.5 Å². The average Bonchev–Trinajstić information content (AvgIpc) is 2.81. The van der Waals surface area contributed by atoms with Crippen LogP contribution in [0.25, 0.3) is 28.5 Å². The van der Waals surface area contributed by atoms with Gasteiger partial charge in [-0.2, -0.15) is 0 Å². The van der Waals surface area contributed by atoms with Crippen LogP contribution in [-0.2, 0) is 6.42 Å². The number of rotatable bonds is 3. The highest BCUT2D eigenvalue weighted by molar-refractivity contribution is 6.13. The van der Waals surface area contributed by atoms with E-state index in [1.807, 2.05) is 66.7 Å². The third-order valence-corrected chi connectivity index (χ3v) is 5.81. The third kappa shape index (κ3) is 3.85. The highest BCUT2D eigenvalue weighted by Gasteiger charge is 2.27. The Morgan fingerprint density at radius 3 is 2.19 bits per heavy atom. The molecule has 150 valence electrons. The van der Waals surface area contributed by atoms with Gasteiger partial charge in [0.2, 0.25) is 5.78 Å². The Morgan fingerprint density at radius 1 is 0.774 bits per heavy atom. The summed E-state index contributed by atoms with van der Waals surface area (Å²) in [5.74, 6) is 0.0396. The topological polar surface area (TPSA) is 30.0 Å². The number of aromatic nitrogens is 1. The first-order chi connectivity index (χ1) is 15.2. The summed E-state index contributed by atoms with van der Waals surface area (Å²) >= 11 is 0. The lowest BCUT2D eigenvalue weighted by Gasteiger charge is -2.21. The van der Waals surface area contributed by atoms with Gasteiger partial charge in [0.25, 0.3) is 0 Å². The number of nitrogens with zero attached hydrogens (tertiary/aromatic N) is 1. The highest BCUT2D eigenvalue weighted by Crippen LogP contribution is 2.36. The Hall–Kier alpha value is -3.78. The molecule has 31 heavy (non-hydrogen) atoms. The van der Waals surface area contributed by atoms with Crippen molar-refractivity contribution in [3.05, 3.63) is 119 Å². The van der Waals surface area contributed by atoms with Crippen LogP contribution in [-0.4, -0.2) is 10.8 Å². The van der Waals surface area contributed by atoms with Crippen molar-refractivity contribution in [2.75, 3.05) is 0 Å². The molecular formula is C29H23NO. The number of pyridine rings is 1. The zero-order valence-electron chi connectivity index (χ0n) is 17.5. The number of carbonyl (C=O) groups is 1. The van der Waals surface area contributed by atoms with Crippen LogP contribution in [0.4, 0.5) is 0 Å². The van der Waals surface area contributed by atoms with E-state index in [0.29, 0.717) is 5.69 Å². The minimum atomic E-state index is 0.0396. The molecule has 0 aliphatic heterocycles. The second-order valence-corrected chi connectivity index (χ2v) is 8.03. The fourth-order valence-corrected chi connectivity index (χ4v) is 4.27. The molecule has 0 unspecified atom stereocenters. The summed E-state index contributed by atoms with van der Waals surface area (Å²) in [6, 6.07) is 30.8. The molecule has 1 aliphatic rings. The van der Waals surface area contributed by atoms with Gasteiger partial charge < -0.3 is 0 Å². The number of Topliss-reactive ketones (excluding diaryl/α,β-unsaturated/α-hetero) is 1. The number of hydrogen-bond acceptors (Lipinski definition) is 2. The van der Waals surface area contributed by atoms with Crippen LogP contribution >= 0.6 is 0 Å². The van der Waals surface area contributed by atoms with Gasteiger partial charge in [-0.05, 0) is 54.2 Å². The lowest BCUT2D eigenvalue weighted by atomic mass is 9.84. The number of benzene rings is 3. The molecule has 0 bridgehead atoms. The average molecular weight is 402 g/mol. The number of ketones is 1. The number of aryl methyl sites for hydroxylation is 1. The molecular weight excluding hydrogens is 378 g/mol. The second-order valence-electron chi connectivity index (χ2n) is 8.03. The molecule has 1 heterocycles. The molecule has 0 atom stereocenters. The molecule has 0 radical (unpaired) electrons. The summed E-state index contributed by atoms with van der Waals surface area (Å²) in [6.45, 7) is 2.07. The summed E-state index contributed by atoms with van der Waals surface area (Å²) in [5, 5.41) is 0. The Labute approximate surface area is 182 Å². The minimum Gasteiger partial charge on any atom is -0.287 e. The maximum Gasteiger partial charge on any atom is 0.207 e. The van der Waals surface area contributed by atoms with E-state index < -0.39 is 0 Å². The second kappa shape index (κ2) is 8.16. The summed E-state index contributed by atoms with van der Waals surface area (Å²) in [5.41, 5.74) is 8.80. The number of hydrogen-bond donors (Lipinski definition) is 0. The van der Waals surface area contributed by atoms with Gasteiger partial charge in [-0.15, -0.1) is 0 Å². The van der Waals surface area contributed by atoms with Crippen LogP contribution < -0.4 is 0 Å². The first kappa shape index (κ1) is 19.2. The summed E-state index contributed by atoms with van der Waals surface area (Å²) in [4.78, 5) is 18.4. The van der Waals surface area contributed by atoms with Crippen LogP contribution in [0.5, 0.6) is 0 Å². The van der Waals surface area contributed by atoms with Gasteiger partial charge in [0.15, 0.2) is 0 Å². The van der Waals surface area contributed by atoms with E-state index in [0.717, 1.165) is 51.9 Å². The lowest BCUT2D eigenvalue weighted by Crippen LogP contribution is -2.18. The van der Waals surface area contributed by atoms with Crippen molar-refractivity contribution in [3.8, 4) is 22.4 Å². The molecule has 0 spiro atoms. The largest absolute Gasteiger partial charge is 0.287 e. The van der Waals surface area contributed by atoms with Gasteiger partial charge in [-0.3, -0.25) is 4.79 Å². The van der Waals surface area contributed by atoms with E-state index in [4.69, 9.17) is 4.98 Å². The SMILES string of the molecule is Cc1cccc(C=C2CCc3c(-c4ccccc4)cc(-c4ccccc4)nc3C2=O)c1. The van der Waals surface area contributed by atoms with Crippen molar-refractivity contribution >= 4 is 11.9 Å². The molecule has 3 aromatic carbocycles. The zero-order chi connectivity index (χ0) is 21.2. The fourth-order valence-electron chi connectivity index (χ4n) is 4.27. The first-order valence-corrected chi connectivity index (χ1v) is 10.7. The minimum absolute atomic E-state index is 0.0396. The van der Waals surface area contributed by atoms with E-state index in [2.05, 4.69) is 37.3 Å². The Balaban J connectivity index is 1.66. The van der Waals surface area contributed by atoms with Crippen molar-refractivity contribution in [2.45, 2.75) is 19.8 Å². The summed E-state index contributed by atoms with van der Waals surface area (Å²) < 4.78 is 0. The zero-order valence-corrected chi connectivity index (χ0v) is 17.5. The summed E-state index contributed by atoms with van der Waals surface area (Å²) in [7, 11) is 0. The Morgan fingerprint density at radius 2 is 1.48 bits per heavy atom. The highest BCUT2D eigenvalue weighted by atomic mass is 16.1. The van der Waals surface area contributed by atoms with E-state index in [9.17, 15) is 4.79 Å². The van der Waals surface area contributed by atoms with Crippen molar-refractivity contribution in [2.24, 2.45) is 0 Å². The molecule has 0 fully saturated rings. The molecule has 4 aromatic rings. The monoisotopic (exact) mass is 401 g/mol. The van der Waals surface area contributed by atoms with Crippen molar-refractivity contribution in [1.82, 2.24) is 4.98 Å². The number of allylic oxidation sites excluding steroid dienone is 1. The standard InChI is InChI=1S/C29H23NO/c1-20-9-8-10-21(17-20)18-24-15-16-25-26(22-11-4-2-5-12-22)19-27(30-28(25)29(24)31)23-13-6-3-7-14-23/h2-14,17-19H,15-16H2,1H3. The predicted molar refractivity (Wildman–Crippen MR) is 127 cm³/mol. The van der Waals surface area contributed by atoms with Crippen LogP contribution in [0.3, 0.4) is 0 Å². The Bertz CT molecular complexity index is 1290. The molecule has 0 N–H and O–H groups in total. The van der Waals surface area contributed by atoms with Gasteiger partial charge >= 0.3 is 0 Å². The van der Waals surface area contributed by atoms with Gasteiger partial charge in [-0.25, -0.2) is 4.98 Å². The number of fused-ring (bicyclic) bond motifs is 1. The maximum atomic E-state index is 13.5. The van der Waals surface area contributed by atoms with Gasteiger partial charge in [0, 0.05) is 11.1 Å². The van der Waals surface area contributed by atoms with E-state index >= 15 is 0 Å². The van der Waals surface area contributed by atoms with Gasteiger partial charge in [0.05, 0.1) is 5.69 Å². The van der Waals surface area contributed by atoms with Crippen molar-refractivity contribution in [3.63, 3.8) is 0 Å². The number of carbonyl (C=O) groups excluding carboxylic acids is 1. The smallest absolute Gasteiger partial charge is 0.207 e. The van der Waals surface area contributed by atoms with Gasteiger partial charge in [0.1, 0.15) is 5.69 Å². The molecule has 5 rings (SSSR count). The van der Waals surface area contributed by atoms with E-state index in [1.54, 1.807) is 0 Å². The molecule has 2 nitrogen and oxygen atoms in total. The molecule has 1 aromatic heterocycles. The molecule has 0 saturated carbocycles. The summed E-state index contributed by atoms with van der Waals surface area (Å²) in [6.07, 6.45) is 3.56. The van der Waals surface area contributed by atoms with Crippen molar-refractivity contribution in [1.29, 1.82) is 0 Å². The molecule has 0 saturated heterocycles. The lowest BCUT2D eigenvalue weighted by molar-refractivity contribution is 0.102. The maximum absolute atomic E-state index is 13.5. The van der Waals surface area contributed by atoms with Crippen LogP contribution in [0.1, 0.15) is 33.6 Å². The molecule has 2 heteroatoms. The Kier molecular flexibility index (Phi) is 5.05. The van der Waals surface area contributed by atoms with E-state index in [1.165, 1.54) is 5.56 Å². The van der Waals surface area contributed by atoms with Crippen LogP contribution in [0.2, 0.25) is 0 Å². The van der Waals surface area contributed by atoms with Crippen LogP contribution in [0.15, 0.2) is 96.6 Å². The normalized spacial score (nSPS) is 14.5.